The molecule has 0 aliphatic rings. The van der Waals surface area contributed by atoms with Gasteiger partial charge in [-0.15, -0.1) is 0 Å². The van der Waals surface area contributed by atoms with Crippen molar-refractivity contribution in [1.29, 1.82) is 0 Å². The monoisotopic (exact) mass is 434 g/mol. The van der Waals surface area contributed by atoms with Crippen LogP contribution in [0.15, 0.2) is 66.7 Å². The summed E-state index contributed by atoms with van der Waals surface area (Å²) in [5, 5.41) is 0. The number of hydrogen-bond donors (Lipinski definition) is 0. The molecule has 0 spiro atoms. The molecular formula is C25H22O7. The van der Waals surface area contributed by atoms with Crippen molar-refractivity contribution in [2.24, 2.45) is 0 Å². The van der Waals surface area contributed by atoms with Crippen LogP contribution in [0.2, 0.25) is 0 Å². The number of rotatable bonds is 9. The van der Waals surface area contributed by atoms with Crippen LogP contribution in [0.4, 0.5) is 0 Å². The molecule has 3 rings (SSSR count). The summed E-state index contributed by atoms with van der Waals surface area (Å²) in [6.07, 6.45) is 0.702. The summed E-state index contributed by atoms with van der Waals surface area (Å²) < 4.78 is 21.2. The van der Waals surface area contributed by atoms with Crippen LogP contribution < -0.4 is 9.47 Å². The zero-order valence-electron chi connectivity index (χ0n) is 17.7. The van der Waals surface area contributed by atoms with Crippen LogP contribution in [0.25, 0.3) is 0 Å². The van der Waals surface area contributed by atoms with Gasteiger partial charge in [-0.3, -0.25) is 4.79 Å². The van der Waals surface area contributed by atoms with Crippen LogP contribution >= 0.6 is 0 Å². The first-order valence-corrected chi connectivity index (χ1v) is 9.74. The van der Waals surface area contributed by atoms with Gasteiger partial charge < -0.3 is 18.9 Å². The number of hydrogen-bond acceptors (Lipinski definition) is 7. The molecule has 0 heterocycles. The number of benzene rings is 3. The Kier molecular flexibility index (Phi) is 7.59. The van der Waals surface area contributed by atoms with Crippen LogP contribution in [0.1, 0.15) is 42.2 Å². The van der Waals surface area contributed by atoms with E-state index >= 15 is 0 Å². The number of esters is 2. The van der Waals surface area contributed by atoms with Gasteiger partial charge in [0.2, 0.25) is 0 Å². The highest BCUT2D eigenvalue weighted by Crippen LogP contribution is 2.32. The molecule has 0 atom stereocenters. The van der Waals surface area contributed by atoms with E-state index in [9.17, 15) is 14.4 Å². The fourth-order valence-corrected chi connectivity index (χ4v) is 2.92. The van der Waals surface area contributed by atoms with Crippen LogP contribution in [-0.2, 0) is 22.7 Å². The number of ether oxygens (including phenoxy) is 4. The minimum atomic E-state index is -0.418. The summed E-state index contributed by atoms with van der Waals surface area (Å²) >= 11 is 0. The normalized spacial score (nSPS) is 10.2. The second kappa shape index (κ2) is 10.8. The van der Waals surface area contributed by atoms with Crippen LogP contribution in [0.5, 0.6) is 11.5 Å². The van der Waals surface area contributed by atoms with Gasteiger partial charge in [0, 0.05) is 0 Å². The number of methoxy groups -OCH3 is 2. The fraction of sp³-hybridized carbons (Fsp3) is 0.160. The number of carbonyl (C=O) groups excluding carboxylic acids is 3. The largest absolute Gasteiger partial charge is 0.485 e. The molecule has 32 heavy (non-hydrogen) atoms. The lowest BCUT2D eigenvalue weighted by Crippen LogP contribution is -2.05. The molecule has 0 fully saturated rings. The molecule has 0 bridgehead atoms. The van der Waals surface area contributed by atoms with Crippen molar-refractivity contribution < 1.29 is 33.3 Å². The quantitative estimate of drug-likeness (QED) is 0.368. The Bertz CT molecular complexity index is 1090. The van der Waals surface area contributed by atoms with E-state index in [1.807, 2.05) is 0 Å². The Morgan fingerprint density at radius 1 is 0.719 bits per heavy atom. The molecule has 0 saturated heterocycles. The van der Waals surface area contributed by atoms with E-state index in [1.54, 1.807) is 66.7 Å². The molecule has 7 heteroatoms. The maximum Gasteiger partial charge on any atom is 0.337 e. The summed E-state index contributed by atoms with van der Waals surface area (Å²) in [5.41, 5.74) is 2.88. The molecule has 164 valence electrons. The van der Waals surface area contributed by atoms with Gasteiger partial charge in [-0.25, -0.2) is 9.59 Å². The molecule has 3 aromatic carbocycles. The third-order valence-electron chi connectivity index (χ3n) is 4.66. The van der Waals surface area contributed by atoms with Crippen LogP contribution in [0.3, 0.4) is 0 Å². The lowest BCUT2D eigenvalue weighted by molar-refractivity contribution is 0.0592. The lowest BCUT2D eigenvalue weighted by atomic mass is 10.1. The summed E-state index contributed by atoms with van der Waals surface area (Å²) in [4.78, 5) is 34.6. The van der Waals surface area contributed by atoms with E-state index in [0.29, 0.717) is 34.5 Å². The second-order valence-electron chi connectivity index (χ2n) is 6.75. The number of para-hydroxylation sites is 1. The standard InChI is InChI=1S/C25H22O7/c1-29-24(27)19-10-6-17(7-11-19)15-31-22-5-3-4-21(14-26)23(22)32-16-18-8-12-20(13-9-18)25(28)30-2/h3-14H,15-16H2,1-2H3. The van der Waals surface area contributed by atoms with Gasteiger partial charge in [0.25, 0.3) is 0 Å². The van der Waals surface area contributed by atoms with Crippen molar-refractivity contribution in [2.45, 2.75) is 13.2 Å². The maximum absolute atomic E-state index is 11.6. The van der Waals surface area contributed by atoms with Crippen molar-refractivity contribution in [3.63, 3.8) is 0 Å². The van der Waals surface area contributed by atoms with Crippen molar-refractivity contribution in [3.8, 4) is 11.5 Å². The molecule has 0 amide bonds. The third-order valence-corrected chi connectivity index (χ3v) is 4.66. The molecule has 0 aromatic heterocycles. The lowest BCUT2D eigenvalue weighted by Gasteiger charge is -2.15. The molecule has 0 radical (unpaired) electrons. The Labute approximate surface area is 185 Å². The Hall–Kier alpha value is -4.13. The molecule has 7 nitrogen and oxygen atoms in total. The zero-order chi connectivity index (χ0) is 22.9. The van der Waals surface area contributed by atoms with E-state index in [2.05, 4.69) is 0 Å². The minimum absolute atomic E-state index is 0.177. The van der Waals surface area contributed by atoms with Crippen molar-refractivity contribution in [2.75, 3.05) is 14.2 Å². The summed E-state index contributed by atoms with van der Waals surface area (Å²) in [6, 6.07) is 18.7. The predicted molar refractivity (Wildman–Crippen MR) is 116 cm³/mol. The maximum atomic E-state index is 11.6. The Morgan fingerprint density at radius 3 is 1.69 bits per heavy atom. The highest BCUT2D eigenvalue weighted by atomic mass is 16.5. The van der Waals surface area contributed by atoms with Crippen molar-refractivity contribution in [3.05, 3.63) is 94.5 Å². The topological polar surface area (TPSA) is 88.1 Å². The van der Waals surface area contributed by atoms with E-state index in [-0.39, 0.29) is 13.2 Å². The highest BCUT2D eigenvalue weighted by molar-refractivity contribution is 5.89. The van der Waals surface area contributed by atoms with Gasteiger partial charge in [0.1, 0.15) is 13.2 Å². The molecular weight excluding hydrogens is 412 g/mol. The van der Waals surface area contributed by atoms with Crippen LogP contribution in [0, 0.1) is 0 Å². The van der Waals surface area contributed by atoms with Gasteiger partial charge >= 0.3 is 11.9 Å². The summed E-state index contributed by atoms with van der Waals surface area (Å²) in [6.45, 7) is 0.393. The van der Waals surface area contributed by atoms with E-state index in [4.69, 9.17) is 18.9 Å². The van der Waals surface area contributed by atoms with E-state index in [1.165, 1.54) is 14.2 Å². The van der Waals surface area contributed by atoms with Gasteiger partial charge in [-0.2, -0.15) is 0 Å². The van der Waals surface area contributed by atoms with Gasteiger partial charge in [-0.1, -0.05) is 30.3 Å². The smallest absolute Gasteiger partial charge is 0.337 e. The molecule has 0 aliphatic carbocycles. The van der Waals surface area contributed by atoms with Crippen molar-refractivity contribution >= 4 is 18.2 Å². The number of carbonyl (C=O) groups is 3. The highest BCUT2D eigenvalue weighted by Gasteiger charge is 2.13. The van der Waals surface area contributed by atoms with Gasteiger partial charge in [0.15, 0.2) is 17.8 Å². The van der Waals surface area contributed by atoms with Crippen molar-refractivity contribution in [1.82, 2.24) is 0 Å². The predicted octanol–water partition coefficient (Wildman–Crippen LogP) is 4.23. The van der Waals surface area contributed by atoms with Crippen LogP contribution in [-0.4, -0.2) is 32.4 Å². The summed E-state index contributed by atoms with van der Waals surface area (Å²) in [5.74, 6) is -0.0888. The average molecular weight is 434 g/mol. The number of aldehydes is 1. The SMILES string of the molecule is COC(=O)c1ccc(COc2cccc(C=O)c2OCc2ccc(C(=O)OC)cc2)cc1. The summed E-state index contributed by atoms with van der Waals surface area (Å²) in [7, 11) is 2.65. The third kappa shape index (κ3) is 5.51. The fourth-order valence-electron chi connectivity index (χ4n) is 2.92. The molecule has 0 unspecified atom stereocenters. The van der Waals surface area contributed by atoms with E-state index < -0.39 is 11.9 Å². The Balaban J connectivity index is 1.70. The van der Waals surface area contributed by atoms with Gasteiger partial charge in [0.05, 0.1) is 30.9 Å². The molecule has 3 aromatic rings. The first kappa shape index (κ1) is 22.6. The molecule has 0 saturated carbocycles. The zero-order valence-corrected chi connectivity index (χ0v) is 17.7. The second-order valence-corrected chi connectivity index (χ2v) is 6.75. The molecule has 0 N–H and O–H groups in total. The first-order valence-electron chi connectivity index (χ1n) is 9.74. The Morgan fingerprint density at radius 2 is 1.22 bits per heavy atom. The first-order chi connectivity index (χ1) is 15.5. The minimum Gasteiger partial charge on any atom is -0.485 e. The van der Waals surface area contributed by atoms with Gasteiger partial charge in [-0.05, 0) is 47.5 Å². The van der Waals surface area contributed by atoms with E-state index in [0.717, 1.165) is 11.1 Å². The average Bonchev–Trinajstić information content (AvgIpc) is 2.85. The molecule has 0 aliphatic heterocycles.